The molecule has 2 aliphatic rings. The van der Waals surface area contributed by atoms with Crippen LogP contribution in [0.25, 0.3) is 0 Å². The lowest BCUT2D eigenvalue weighted by molar-refractivity contribution is -0.161. The first-order valence-electron chi connectivity index (χ1n) is 6.28. The topological polar surface area (TPSA) is 104 Å². The molecular weight excluding hydrogens is 268 g/mol. The zero-order chi connectivity index (χ0) is 14.3. The molecule has 0 aromatic heterocycles. The number of hydrogen-bond acceptors (Lipinski definition) is 5. The highest BCUT2D eigenvalue weighted by Crippen LogP contribution is 2.47. The number of carbonyl (C=O) groups excluding carboxylic acids is 1. The maximum atomic E-state index is 11.9. The van der Waals surface area contributed by atoms with Gasteiger partial charge in [0.05, 0.1) is 23.4 Å². The summed E-state index contributed by atoms with van der Waals surface area (Å²) in [6, 6.07) is -0.231. The fraction of sp³-hybridized carbons (Fsp3) is 0.667. The number of aliphatic carboxylic acids is 1. The van der Waals surface area contributed by atoms with E-state index in [1.165, 1.54) is 16.7 Å². The third-order valence-corrected chi connectivity index (χ3v) is 4.87. The van der Waals surface area contributed by atoms with Gasteiger partial charge in [0.25, 0.3) is 0 Å². The van der Waals surface area contributed by atoms with E-state index in [-0.39, 0.29) is 23.0 Å². The molecule has 4 atom stereocenters. The van der Waals surface area contributed by atoms with Crippen molar-refractivity contribution in [2.45, 2.75) is 44.2 Å². The molecule has 7 heteroatoms. The molecule has 0 bridgehead atoms. The van der Waals surface area contributed by atoms with E-state index in [0.29, 0.717) is 11.3 Å². The molecule has 1 amide bonds. The van der Waals surface area contributed by atoms with Crippen molar-refractivity contribution < 1.29 is 19.8 Å². The van der Waals surface area contributed by atoms with E-state index >= 15 is 0 Å². The predicted octanol–water partition coefficient (Wildman–Crippen LogP) is 0.322. The van der Waals surface area contributed by atoms with E-state index in [1.54, 1.807) is 6.92 Å². The third-order valence-electron chi connectivity index (χ3n) is 3.59. The standard InChI is InChI=1S/C12H18N2O4S/c1-3-8(13)19-7-4-6-9(5(2)15)11(16)14(6)10(7)12(17)18/h5-6,8-9,15H,3-4,13H2,1-2H3,(H,17,18)/t5-,6-,8-,9-/m1/s1. The summed E-state index contributed by atoms with van der Waals surface area (Å²) in [5, 5.41) is 18.7. The average molecular weight is 286 g/mol. The smallest absolute Gasteiger partial charge is 0.353 e. The molecular formula is C12H18N2O4S. The third kappa shape index (κ3) is 2.26. The van der Waals surface area contributed by atoms with E-state index in [1.807, 2.05) is 6.92 Å². The molecule has 0 saturated carbocycles. The first kappa shape index (κ1) is 14.4. The minimum absolute atomic E-state index is 0.0424. The number of nitrogens with zero attached hydrogens (tertiary/aromatic N) is 1. The van der Waals surface area contributed by atoms with Crippen LogP contribution in [-0.4, -0.2) is 44.5 Å². The van der Waals surface area contributed by atoms with Gasteiger partial charge in [-0.2, -0.15) is 0 Å². The van der Waals surface area contributed by atoms with E-state index in [2.05, 4.69) is 0 Å². The van der Waals surface area contributed by atoms with Crippen molar-refractivity contribution in [2.75, 3.05) is 0 Å². The number of hydrogen-bond donors (Lipinski definition) is 3. The largest absolute Gasteiger partial charge is 0.477 e. The Balaban J connectivity index is 2.24. The van der Waals surface area contributed by atoms with Crippen LogP contribution >= 0.6 is 11.8 Å². The van der Waals surface area contributed by atoms with Gasteiger partial charge in [-0.25, -0.2) is 4.79 Å². The number of aliphatic hydroxyl groups is 1. The summed E-state index contributed by atoms with van der Waals surface area (Å²) in [6.45, 7) is 3.48. The Bertz CT molecular complexity index is 449. The number of thioether (sulfide) groups is 1. The molecule has 0 unspecified atom stereocenters. The number of carboxylic acids is 1. The van der Waals surface area contributed by atoms with Crippen molar-refractivity contribution in [1.82, 2.24) is 4.90 Å². The molecule has 19 heavy (non-hydrogen) atoms. The van der Waals surface area contributed by atoms with E-state index < -0.39 is 18.0 Å². The van der Waals surface area contributed by atoms with Crippen LogP contribution in [0.15, 0.2) is 10.6 Å². The Morgan fingerprint density at radius 3 is 2.74 bits per heavy atom. The Kier molecular flexibility index (Phi) is 3.89. The monoisotopic (exact) mass is 286 g/mol. The number of rotatable bonds is 5. The van der Waals surface area contributed by atoms with Gasteiger partial charge in [-0.05, 0) is 13.3 Å². The predicted molar refractivity (Wildman–Crippen MR) is 70.9 cm³/mol. The second kappa shape index (κ2) is 5.15. The van der Waals surface area contributed by atoms with Gasteiger partial charge in [0.2, 0.25) is 5.91 Å². The van der Waals surface area contributed by atoms with Crippen LogP contribution in [0.4, 0.5) is 0 Å². The van der Waals surface area contributed by atoms with E-state index in [9.17, 15) is 19.8 Å². The number of β-lactam (4-membered cyclic amide) rings is 1. The Morgan fingerprint density at radius 1 is 1.63 bits per heavy atom. The maximum Gasteiger partial charge on any atom is 0.353 e. The van der Waals surface area contributed by atoms with Gasteiger partial charge >= 0.3 is 5.97 Å². The van der Waals surface area contributed by atoms with Gasteiger partial charge < -0.3 is 20.8 Å². The lowest BCUT2D eigenvalue weighted by Crippen LogP contribution is -2.61. The fourth-order valence-electron chi connectivity index (χ4n) is 2.60. The second-order valence-corrected chi connectivity index (χ2v) is 6.22. The van der Waals surface area contributed by atoms with Crippen molar-refractivity contribution in [1.29, 1.82) is 0 Å². The molecule has 0 aliphatic carbocycles. The first-order chi connectivity index (χ1) is 8.88. The molecule has 2 rings (SSSR count). The lowest BCUT2D eigenvalue weighted by Gasteiger charge is -2.44. The Hall–Kier alpha value is -1.05. The average Bonchev–Trinajstić information content (AvgIpc) is 2.63. The van der Waals surface area contributed by atoms with Crippen molar-refractivity contribution in [3.63, 3.8) is 0 Å². The van der Waals surface area contributed by atoms with Crippen LogP contribution in [-0.2, 0) is 9.59 Å². The normalized spacial score (nSPS) is 29.1. The number of nitrogens with two attached hydrogens (primary N) is 1. The highest BCUT2D eigenvalue weighted by molar-refractivity contribution is 8.03. The van der Waals surface area contributed by atoms with Crippen LogP contribution in [0.3, 0.4) is 0 Å². The number of carboxylic acid groups (broad SMARTS) is 1. The van der Waals surface area contributed by atoms with Crippen LogP contribution in [0.5, 0.6) is 0 Å². The molecule has 0 aromatic rings. The highest BCUT2D eigenvalue weighted by atomic mass is 32.2. The van der Waals surface area contributed by atoms with Crippen LogP contribution < -0.4 is 5.73 Å². The number of aliphatic hydroxyl groups excluding tert-OH is 1. The molecule has 0 aromatic carbocycles. The van der Waals surface area contributed by atoms with Gasteiger partial charge in [0.1, 0.15) is 5.70 Å². The number of fused-ring (bicyclic) bond motifs is 1. The van der Waals surface area contributed by atoms with Crippen LogP contribution in [0, 0.1) is 5.92 Å². The second-order valence-electron chi connectivity index (χ2n) is 4.89. The first-order valence-corrected chi connectivity index (χ1v) is 7.16. The summed E-state index contributed by atoms with van der Waals surface area (Å²) >= 11 is 1.31. The van der Waals surface area contributed by atoms with Crippen LogP contribution in [0.1, 0.15) is 26.7 Å². The molecule has 0 radical (unpaired) electrons. The quantitative estimate of drug-likeness (QED) is 0.497. The van der Waals surface area contributed by atoms with Gasteiger partial charge in [-0.15, -0.1) is 11.8 Å². The molecule has 2 aliphatic heterocycles. The summed E-state index contributed by atoms with van der Waals surface area (Å²) in [5.41, 5.74) is 5.88. The zero-order valence-electron chi connectivity index (χ0n) is 10.9. The Labute approximate surface area is 115 Å². The van der Waals surface area contributed by atoms with Crippen molar-refractivity contribution in [3.05, 3.63) is 10.6 Å². The SMILES string of the molecule is CC[C@H](N)SC1=C(C(=O)O)N2C(=O)[C@H]([C@@H](C)O)[C@H]2C1. The minimum atomic E-state index is -1.11. The highest BCUT2D eigenvalue weighted by Gasteiger charge is 2.56. The molecule has 2 heterocycles. The number of carbonyl (C=O) groups is 2. The summed E-state index contributed by atoms with van der Waals surface area (Å²) in [5.74, 6) is -1.91. The molecule has 0 spiro atoms. The van der Waals surface area contributed by atoms with E-state index in [4.69, 9.17) is 5.73 Å². The fourth-order valence-corrected chi connectivity index (χ4v) is 3.70. The molecule has 106 valence electrons. The number of amides is 1. The Morgan fingerprint density at radius 2 is 2.26 bits per heavy atom. The lowest BCUT2D eigenvalue weighted by atomic mass is 9.83. The minimum Gasteiger partial charge on any atom is -0.477 e. The van der Waals surface area contributed by atoms with Gasteiger partial charge in [-0.3, -0.25) is 4.79 Å². The molecule has 1 saturated heterocycles. The van der Waals surface area contributed by atoms with Crippen molar-refractivity contribution in [2.24, 2.45) is 11.7 Å². The van der Waals surface area contributed by atoms with Gasteiger partial charge in [0, 0.05) is 11.3 Å². The zero-order valence-corrected chi connectivity index (χ0v) is 11.7. The van der Waals surface area contributed by atoms with Gasteiger partial charge in [-0.1, -0.05) is 6.92 Å². The van der Waals surface area contributed by atoms with Crippen LogP contribution in [0.2, 0.25) is 0 Å². The molecule has 1 fully saturated rings. The van der Waals surface area contributed by atoms with Crippen molar-refractivity contribution >= 4 is 23.6 Å². The van der Waals surface area contributed by atoms with Crippen molar-refractivity contribution in [3.8, 4) is 0 Å². The summed E-state index contributed by atoms with van der Waals surface area (Å²) in [7, 11) is 0. The summed E-state index contributed by atoms with van der Waals surface area (Å²) in [4.78, 5) is 25.2. The van der Waals surface area contributed by atoms with Gasteiger partial charge in [0.15, 0.2) is 0 Å². The summed E-state index contributed by atoms with van der Waals surface area (Å²) in [6.07, 6.45) is 0.439. The summed E-state index contributed by atoms with van der Waals surface area (Å²) < 4.78 is 0. The molecule has 4 N–H and O–H groups in total. The van der Waals surface area contributed by atoms with E-state index in [0.717, 1.165) is 6.42 Å². The molecule has 6 nitrogen and oxygen atoms in total. The maximum absolute atomic E-state index is 11.9.